The third-order valence-electron chi connectivity index (χ3n) is 6.82. The minimum atomic E-state index is -0.228. The van der Waals surface area contributed by atoms with Crippen molar-refractivity contribution in [3.05, 3.63) is 77.7 Å². The largest absolute Gasteiger partial charge is 0.347 e. The zero-order chi connectivity index (χ0) is 23.2. The van der Waals surface area contributed by atoms with E-state index in [9.17, 15) is 9.18 Å². The molecule has 4 aromatic rings. The molecule has 2 saturated heterocycles. The summed E-state index contributed by atoms with van der Waals surface area (Å²) in [6.07, 6.45) is 2.89. The number of likely N-dealkylation sites (tertiary alicyclic amines) is 1. The number of fused-ring (bicyclic) bond motifs is 3. The lowest BCUT2D eigenvalue weighted by molar-refractivity contribution is 0.0565. The number of carbonyl (C=O) groups excluding carboxylic acids is 1. The van der Waals surface area contributed by atoms with E-state index in [4.69, 9.17) is 4.98 Å². The highest BCUT2D eigenvalue weighted by Crippen LogP contribution is 2.36. The average Bonchev–Trinajstić information content (AvgIpc) is 3.27. The number of thiazole rings is 1. The zero-order valence-corrected chi connectivity index (χ0v) is 19.8. The van der Waals surface area contributed by atoms with E-state index in [2.05, 4.69) is 9.88 Å². The van der Waals surface area contributed by atoms with Crippen molar-refractivity contribution in [1.29, 1.82) is 0 Å². The molecule has 0 saturated carbocycles. The maximum absolute atomic E-state index is 13.7. The summed E-state index contributed by atoms with van der Waals surface area (Å²) in [5, 5.41) is 0.950. The summed E-state index contributed by atoms with van der Waals surface area (Å²) in [5.41, 5.74) is 4.34. The Balaban J connectivity index is 1.23. The van der Waals surface area contributed by atoms with Gasteiger partial charge in [-0.1, -0.05) is 35.1 Å². The highest BCUT2D eigenvalue weighted by atomic mass is 32.1. The van der Waals surface area contributed by atoms with Crippen LogP contribution in [0.4, 0.5) is 9.52 Å². The number of hydrogen-bond donors (Lipinski definition) is 0. The Hall–Kier alpha value is -3.32. The number of amides is 1. The Morgan fingerprint density at radius 1 is 1.03 bits per heavy atom. The van der Waals surface area contributed by atoms with Crippen molar-refractivity contribution in [1.82, 2.24) is 14.9 Å². The molecule has 4 heterocycles. The van der Waals surface area contributed by atoms with Crippen molar-refractivity contribution in [3.63, 3.8) is 0 Å². The van der Waals surface area contributed by atoms with Crippen molar-refractivity contribution in [3.8, 4) is 11.3 Å². The van der Waals surface area contributed by atoms with Crippen LogP contribution in [0.5, 0.6) is 0 Å². The molecule has 2 bridgehead atoms. The number of aromatic nitrogens is 2. The van der Waals surface area contributed by atoms with Gasteiger partial charge < -0.3 is 9.80 Å². The van der Waals surface area contributed by atoms with Gasteiger partial charge in [-0.25, -0.2) is 9.37 Å². The van der Waals surface area contributed by atoms with Gasteiger partial charge in [-0.05, 0) is 61.6 Å². The monoisotopic (exact) mass is 472 g/mol. The van der Waals surface area contributed by atoms with Gasteiger partial charge in [-0.2, -0.15) is 0 Å². The minimum Gasteiger partial charge on any atom is -0.347 e. The van der Waals surface area contributed by atoms with E-state index in [1.807, 2.05) is 48.2 Å². The van der Waals surface area contributed by atoms with E-state index in [1.165, 1.54) is 6.07 Å². The van der Waals surface area contributed by atoms with Gasteiger partial charge in [0.15, 0.2) is 5.13 Å². The molecule has 0 radical (unpaired) electrons. The molecule has 1 amide bonds. The van der Waals surface area contributed by atoms with Crippen molar-refractivity contribution in [2.75, 3.05) is 31.1 Å². The number of benzene rings is 2. The molecule has 34 heavy (non-hydrogen) atoms. The predicted molar refractivity (Wildman–Crippen MR) is 134 cm³/mol. The van der Waals surface area contributed by atoms with Crippen LogP contribution in [0.25, 0.3) is 21.5 Å². The van der Waals surface area contributed by atoms with Crippen LogP contribution in [-0.2, 0) is 0 Å². The van der Waals surface area contributed by atoms with E-state index in [1.54, 1.807) is 29.7 Å². The number of aryl methyl sites for hydroxylation is 1. The summed E-state index contributed by atoms with van der Waals surface area (Å²) in [7, 11) is 0. The molecule has 5 nitrogen and oxygen atoms in total. The molecule has 0 N–H and O–H groups in total. The second-order valence-electron chi connectivity index (χ2n) is 9.46. The first-order valence-corrected chi connectivity index (χ1v) is 12.5. The third-order valence-corrected chi connectivity index (χ3v) is 7.90. The molecule has 2 aliphatic rings. The van der Waals surface area contributed by atoms with Gasteiger partial charge in [0.2, 0.25) is 0 Å². The fourth-order valence-corrected chi connectivity index (χ4v) is 6.38. The summed E-state index contributed by atoms with van der Waals surface area (Å²) in [5.74, 6) is 0.642. The van der Waals surface area contributed by atoms with Gasteiger partial charge in [0.1, 0.15) is 5.82 Å². The smallest absolute Gasteiger partial charge is 0.254 e. The molecule has 2 aromatic heterocycles. The number of rotatable bonds is 3. The molecule has 6 rings (SSSR count). The summed E-state index contributed by atoms with van der Waals surface area (Å²) in [6, 6.07) is 16.6. The van der Waals surface area contributed by atoms with Crippen LogP contribution in [0, 0.1) is 24.6 Å². The van der Waals surface area contributed by atoms with Gasteiger partial charge in [0, 0.05) is 43.5 Å². The quantitative estimate of drug-likeness (QED) is 0.400. The number of anilines is 1. The highest BCUT2D eigenvalue weighted by Gasteiger charge is 2.37. The van der Waals surface area contributed by atoms with Gasteiger partial charge in [0.05, 0.1) is 15.9 Å². The van der Waals surface area contributed by atoms with Crippen molar-refractivity contribution < 1.29 is 9.18 Å². The lowest BCUT2D eigenvalue weighted by atomic mass is 9.84. The van der Waals surface area contributed by atoms with Crippen LogP contribution in [0.3, 0.4) is 0 Å². The van der Waals surface area contributed by atoms with E-state index in [0.29, 0.717) is 11.8 Å². The summed E-state index contributed by atoms with van der Waals surface area (Å²) in [6.45, 7) is 5.22. The number of piperidine rings is 2. The van der Waals surface area contributed by atoms with Crippen LogP contribution >= 0.6 is 11.3 Å². The highest BCUT2D eigenvalue weighted by molar-refractivity contribution is 7.22. The SMILES string of the molecule is Cc1ccc(-c2ccccn2)c(C(=O)N2CC3CC(C2)CN(c2nc4ccc(F)cc4s2)C3)c1. The Labute approximate surface area is 201 Å². The van der Waals surface area contributed by atoms with Gasteiger partial charge in [0.25, 0.3) is 5.91 Å². The summed E-state index contributed by atoms with van der Waals surface area (Å²) >= 11 is 1.55. The number of carbonyl (C=O) groups is 1. The number of nitrogens with zero attached hydrogens (tertiary/aromatic N) is 4. The Bertz CT molecular complexity index is 1360. The van der Waals surface area contributed by atoms with Crippen LogP contribution in [0.1, 0.15) is 22.3 Å². The first-order chi connectivity index (χ1) is 16.5. The molecule has 2 atom stereocenters. The normalized spacial score (nSPS) is 20.1. The van der Waals surface area contributed by atoms with Crippen LogP contribution < -0.4 is 4.90 Å². The molecule has 0 spiro atoms. The average molecular weight is 473 g/mol. The molecule has 2 aromatic carbocycles. The lowest BCUT2D eigenvalue weighted by Crippen LogP contribution is -2.54. The summed E-state index contributed by atoms with van der Waals surface area (Å²) < 4.78 is 14.5. The Kier molecular flexibility index (Phi) is 5.29. The Morgan fingerprint density at radius 2 is 1.85 bits per heavy atom. The molecule has 0 aliphatic carbocycles. The molecular formula is C27H25FN4OS. The molecular weight excluding hydrogens is 447 g/mol. The fraction of sp³-hybridized carbons (Fsp3) is 0.296. The van der Waals surface area contributed by atoms with E-state index < -0.39 is 0 Å². The maximum atomic E-state index is 13.7. The maximum Gasteiger partial charge on any atom is 0.254 e. The van der Waals surface area contributed by atoms with Crippen LogP contribution in [0.15, 0.2) is 60.8 Å². The first kappa shape index (κ1) is 21.2. The van der Waals surface area contributed by atoms with Gasteiger partial charge in [-0.15, -0.1) is 0 Å². The minimum absolute atomic E-state index is 0.0861. The molecule has 2 fully saturated rings. The standard InChI is InChI=1S/C27H25FN4OS/c1-17-5-7-21(23-4-2-3-9-29-23)22(10-17)26(33)31-13-18-11-19(14-31)16-32(15-18)27-30-24-8-6-20(28)12-25(24)34-27/h2-10,12,18-19H,11,13-16H2,1H3. The summed E-state index contributed by atoms with van der Waals surface area (Å²) in [4.78, 5) is 27.3. The predicted octanol–water partition coefficient (Wildman–Crippen LogP) is 5.40. The number of pyridine rings is 1. The Morgan fingerprint density at radius 3 is 2.62 bits per heavy atom. The molecule has 172 valence electrons. The topological polar surface area (TPSA) is 49.3 Å². The van der Waals surface area contributed by atoms with E-state index in [-0.39, 0.29) is 11.7 Å². The van der Waals surface area contributed by atoms with Crippen LogP contribution in [0.2, 0.25) is 0 Å². The second kappa shape index (κ2) is 8.47. The van der Waals surface area contributed by atoms with Crippen molar-refractivity contribution in [2.45, 2.75) is 13.3 Å². The lowest BCUT2D eigenvalue weighted by Gasteiger charge is -2.45. The second-order valence-corrected chi connectivity index (χ2v) is 10.5. The van der Waals surface area contributed by atoms with Gasteiger partial charge in [-0.3, -0.25) is 9.78 Å². The van der Waals surface area contributed by atoms with E-state index >= 15 is 0 Å². The third kappa shape index (κ3) is 3.94. The van der Waals surface area contributed by atoms with E-state index in [0.717, 1.165) is 70.3 Å². The van der Waals surface area contributed by atoms with Crippen LogP contribution in [-0.4, -0.2) is 47.0 Å². The molecule has 2 unspecified atom stereocenters. The van der Waals surface area contributed by atoms with Crippen molar-refractivity contribution >= 4 is 32.6 Å². The van der Waals surface area contributed by atoms with Crippen molar-refractivity contribution in [2.24, 2.45) is 11.8 Å². The molecule has 7 heteroatoms. The number of hydrogen-bond acceptors (Lipinski definition) is 5. The zero-order valence-electron chi connectivity index (χ0n) is 18.9. The first-order valence-electron chi connectivity index (χ1n) is 11.7. The van der Waals surface area contributed by atoms with Gasteiger partial charge >= 0.3 is 0 Å². The number of halogens is 1. The fourth-order valence-electron chi connectivity index (χ4n) is 5.38. The molecule has 2 aliphatic heterocycles.